The maximum atomic E-state index is 10.2. The zero-order chi connectivity index (χ0) is 21.5. The number of rotatable bonds is 10. The maximum absolute atomic E-state index is 10.2. The van der Waals surface area contributed by atoms with E-state index in [9.17, 15) is 10.2 Å². The van der Waals surface area contributed by atoms with E-state index in [4.69, 9.17) is 9.47 Å². The van der Waals surface area contributed by atoms with Crippen LogP contribution in [0.25, 0.3) is 0 Å². The first kappa shape index (κ1) is 26.4. The summed E-state index contributed by atoms with van der Waals surface area (Å²) in [4.78, 5) is 8.64. The molecule has 2 aliphatic heterocycles. The van der Waals surface area contributed by atoms with Crippen LogP contribution in [0.1, 0.15) is 30.4 Å². The smallest absolute Gasteiger partial charge is 0.132 e. The molecule has 180 valence electrons. The van der Waals surface area contributed by atoms with Crippen LogP contribution in [0.2, 0.25) is 0 Å². The zero-order valence-corrected chi connectivity index (χ0v) is 19.9. The molecule has 0 amide bonds. The summed E-state index contributed by atoms with van der Waals surface area (Å²) < 4.78 is 11.5. The number of halogens is 2. The third kappa shape index (κ3) is 7.07. The number of hydrogen-bond donors (Lipinski definition) is 4. The number of nitrogens with zero attached hydrogens (tertiary/aromatic N) is 2. The Bertz CT molecular complexity index is 907. The molecule has 33 heavy (non-hydrogen) atoms. The Morgan fingerprint density at radius 3 is 1.52 bits per heavy atom. The third-order valence-corrected chi connectivity index (χ3v) is 5.12. The number of benzene rings is 2. The number of phenols is 2. The van der Waals surface area contributed by atoms with Crippen molar-refractivity contribution >= 4 is 36.5 Å². The number of phenolic OH excluding ortho intramolecular Hbond substituents is 2. The summed E-state index contributed by atoms with van der Waals surface area (Å²) in [7, 11) is 0. The van der Waals surface area contributed by atoms with Gasteiger partial charge in [-0.05, 0) is 43.5 Å². The number of nitrogens with one attached hydrogen (secondary N) is 2. The van der Waals surface area contributed by atoms with Crippen molar-refractivity contribution in [2.75, 3.05) is 39.4 Å². The minimum Gasteiger partial charge on any atom is -0.507 e. The van der Waals surface area contributed by atoms with Gasteiger partial charge in [0.1, 0.15) is 34.7 Å². The van der Waals surface area contributed by atoms with Gasteiger partial charge >= 0.3 is 0 Å². The molecule has 4 rings (SSSR count). The second kappa shape index (κ2) is 13.0. The Morgan fingerprint density at radius 1 is 0.697 bits per heavy atom. The largest absolute Gasteiger partial charge is 0.507 e. The average Bonchev–Trinajstić information content (AvgIpc) is 3.48. The molecule has 0 fully saturated rings. The monoisotopic (exact) mass is 496 g/mol. The van der Waals surface area contributed by atoms with E-state index in [2.05, 4.69) is 20.6 Å². The lowest BCUT2D eigenvalue weighted by atomic mass is 10.1. The molecule has 0 unspecified atom stereocenters. The molecule has 4 N–H and O–H groups in total. The van der Waals surface area contributed by atoms with E-state index in [0.717, 1.165) is 57.1 Å². The summed E-state index contributed by atoms with van der Waals surface area (Å²) in [5.74, 6) is 3.10. The lowest BCUT2D eigenvalue weighted by molar-refractivity contribution is 0.278. The molecule has 0 bridgehead atoms. The Labute approximate surface area is 206 Å². The lowest BCUT2D eigenvalue weighted by Crippen LogP contribution is -2.19. The quantitative estimate of drug-likeness (QED) is 0.376. The number of amidine groups is 2. The van der Waals surface area contributed by atoms with Gasteiger partial charge in [-0.2, -0.15) is 0 Å². The van der Waals surface area contributed by atoms with Crippen molar-refractivity contribution in [3.05, 3.63) is 47.5 Å². The predicted molar refractivity (Wildman–Crippen MR) is 134 cm³/mol. The van der Waals surface area contributed by atoms with Crippen molar-refractivity contribution in [2.24, 2.45) is 9.98 Å². The molecular weight excluding hydrogens is 467 g/mol. The molecule has 8 nitrogen and oxygen atoms in total. The van der Waals surface area contributed by atoms with E-state index in [1.165, 1.54) is 0 Å². The van der Waals surface area contributed by atoms with Crippen molar-refractivity contribution in [2.45, 2.75) is 19.3 Å². The maximum Gasteiger partial charge on any atom is 0.132 e. The van der Waals surface area contributed by atoms with Crippen LogP contribution in [0.3, 0.4) is 0 Å². The van der Waals surface area contributed by atoms with E-state index in [0.29, 0.717) is 35.8 Å². The molecule has 0 radical (unpaired) electrons. The van der Waals surface area contributed by atoms with Gasteiger partial charge in [-0.3, -0.25) is 9.98 Å². The van der Waals surface area contributed by atoms with Gasteiger partial charge < -0.3 is 30.3 Å². The SMILES string of the molecule is Cl.Cl.Oc1cc(OCCCCCOc2ccc(C3=NCCN3)c(O)c2)ccc1C1=NCCN1. The van der Waals surface area contributed by atoms with Gasteiger partial charge in [-0.15, -0.1) is 24.8 Å². The highest BCUT2D eigenvalue weighted by molar-refractivity contribution is 6.02. The molecule has 0 aromatic heterocycles. The van der Waals surface area contributed by atoms with Crippen molar-refractivity contribution < 1.29 is 19.7 Å². The number of hydrogen-bond acceptors (Lipinski definition) is 8. The van der Waals surface area contributed by atoms with E-state index in [1.54, 1.807) is 12.1 Å². The van der Waals surface area contributed by atoms with Gasteiger partial charge in [0.2, 0.25) is 0 Å². The molecule has 2 heterocycles. The van der Waals surface area contributed by atoms with Crippen LogP contribution < -0.4 is 20.1 Å². The fraction of sp³-hybridized carbons (Fsp3) is 0.391. The molecular formula is C23H30Cl2N4O4. The Morgan fingerprint density at radius 2 is 1.15 bits per heavy atom. The predicted octanol–water partition coefficient (Wildman–Crippen LogP) is 3.27. The highest BCUT2D eigenvalue weighted by Crippen LogP contribution is 2.26. The Balaban J connectivity index is 0.00000193. The van der Waals surface area contributed by atoms with Crippen LogP contribution in [-0.4, -0.2) is 61.3 Å². The van der Waals surface area contributed by atoms with Crippen LogP contribution in [0.5, 0.6) is 23.0 Å². The Kier molecular flexibility index (Phi) is 10.4. The number of unbranched alkanes of at least 4 members (excludes halogenated alkanes) is 2. The standard InChI is InChI=1S/C23H28N4O4.2ClH/c28-20-14-16(4-6-18(20)22-24-8-9-25-22)30-12-2-1-3-13-31-17-5-7-19(21(29)15-17)23-26-10-11-27-23;;/h4-7,14-15,28-29H,1-3,8-13H2,(H,24,25)(H,26,27);2*1H. The number of ether oxygens (including phenoxy) is 2. The first-order chi connectivity index (χ1) is 15.2. The van der Waals surface area contributed by atoms with Crippen molar-refractivity contribution in [3.8, 4) is 23.0 Å². The fourth-order valence-corrected chi connectivity index (χ4v) is 3.52. The van der Waals surface area contributed by atoms with Crippen molar-refractivity contribution in [1.82, 2.24) is 10.6 Å². The minimum absolute atomic E-state index is 0. The van der Waals surface area contributed by atoms with Gasteiger partial charge in [0.15, 0.2) is 0 Å². The number of aromatic hydroxyl groups is 2. The lowest BCUT2D eigenvalue weighted by Gasteiger charge is -2.11. The minimum atomic E-state index is 0. The van der Waals surface area contributed by atoms with E-state index < -0.39 is 0 Å². The van der Waals surface area contributed by atoms with Crippen molar-refractivity contribution in [1.29, 1.82) is 0 Å². The van der Waals surface area contributed by atoms with Gasteiger partial charge in [-0.25, -0.2) is 0 Å². The van der Waals surface area contributed by atoms with Crippen molar-refractivity contribution in [3.63, 3.8) is 0 Å². The molecule has 10 heteroatoms. The van der Waals surface area contributed by atoms with Gasteiger partial charge in [-0.1, -0.05) is 0 Å². The summed E-state index contributed by atoms with van der Waals surface area (Å²) in [6, 6.07) is 10.6. The topological polar surface area (TPSA) is 108 Å². The molecule has 2 aromatic rings. The zero-order valence-electron chi connectivity index (χ0n) is 18.2. The molecule has 0 spiro atoms. The first-order valence-corrected chi connectivity index (χ1v) is 10.7. The molecule has 0 saturated heterocycles. The molecule has 0 aliphatic carbocycles. The average molecular weight is 497 g/mol. The highest BCUT2D eigenvalue weighted by atomic mass is 35.5. The van der Waals surface area contributed by atoms with Crippen LogP contribution in [0.15, 0.2) is 46.4 Å². The van der Waals surface area contributed by atoms with Crippen LogP contribution in [0.4, 0.5) is 0 Å². The third-order valence-electron chi connectivity index (χ3n) is 5.12. The summed E-state index contributed by atoms with van der Waals surface area (Å²) in [5, 5.41) is 26.7. The summed E-state index contributed by atoms with van der Waals surface area (Å²) in [6.45, 7) is 4.21. The molecule has 0 saturated carbocycles. The summed E-state index contributed by atoms with van der Waals surface area (Å²) >= 11 is 0. The van der Waals surface area contributed by atoms with Gasteiger partial charge in [0, 0.05) is 25.2 Å². The van der Waals surface area contributed by atoms with Crippen LogP contribution in [0, 0.1) is 0 Å². The van der Waals surface area contributed by atoms with Crippen LogP contribution >= 0.6 is 24.8 Å². The van der Waals surface area contributed by atoms with E-state index in [1.807, 2.05) is 24.3 Å². The summed E-state index contributed by atoms with van der Waals surface area (Å²) in [6.07, 6.45) is 2.72. The van der Waals surface area contributed by atoms with Crippen LogP contribution in [-0.2, 0) is 0 Å². The highest BCUT2D eigenvalue weighted by Gasteiger charge is 2.14. The fourth-order valence-electron chi connectivity index (χ4n) is 3.52. The van der Waals surface area contributed by atoms with Gasteiger partial charge in [0.05, 0.1) is 37.4 Å². The normalized spacial score (nSPS) is 14.2. The second-order valence-corrected chi connectivity index (χ2v) is 7.43. The molecule has 0 atom stereocenters. The first-order valence-electron chi connectivity index (χ1n) is 10.7. The summed E-state index contributed by atoms with van der Waals surface area (Å²) in [5.41, 5.74) is 1.40. The second-order valence-electron chi connectivity index (χ2n) is 7.43. The van der Waals surface area contributed by atoms with E-state index in [-0.39, 0.29) is 36.3 Å². The Hall–Kier alpha value is -2.84. The van der Waals surface area contributed by atoms with E-state index >= 15 is 0 Å². The number of aliphatic imine (C=N–C) groups is 2. The molecule has 2 aromatic carbocycles. The van der Waals surface area contributed by atoms with Gasteiger partial charge in [0.25, 0.3) is 0 Å². The molecule has 2 aliphatic rings.